The molecular weight excluding hydrogens is 336 g/mol. The second kappa shape index (κ2) is 6.78. The molecular formula is C19H16N2O3S. The number of hydrogen-bond donors (Lipinski definition) is 2. The van der Waals surface area contributed by atoms with Crippen molar-refractivity contribution in [2.75, 3.05) is 11.1 Å². The van der Waals surface area contributed by atoms with Crippen molar-refractivity contribution in [3.8, 4) is 0 Å². The van der Waals surface area contributed by atoms with E-state index in [2.05, 4.69) is 5.32 Å². The van der Waals surface area contributed by atoms with E-state index in [1.165, 1.54) is 30.3 Å². The third kappa shape index (κ3) is 3.54. The third-order valence-corrected chi connectivity index (χ3v) is 5.43. The molecule has 3 N–H and O–H groups in total. The summed E-state index contributed by atoms with van der Waals surface area (Å²) in [7, 11) is -3.67. The molecule has 0 atom stereocenters. The van der Waals surface area contributed by atoms with Gasteiger partial charge in [0, 0.05) is 11.4 Å². The number of carbonyl (C=O) groups excluding carboxylic acids is 1. The maximum Gasteiger partial charge on any atom is 0.257 e. The van der Waals surface area contributed by atoms with Gasteiger partial charge in [-0.2, -0.15) is 0 Å². The molecule has 3 aromatic carbocycles. The monoisotopic (exact) mass is 352 g/mol. The Hall–Kier alpha value is -3.12. The lowest BCUT2D eigenvalue weighted by atomic mass is 10.1. The number of amides is 1. The Kier molecular flexibility index (Phi) is 4.54. The van der Waals surface area contributed by atoms with Crippen molar-refractivity contribution in [3.63, 3.8) is 0 Å². The van der Waals surface area contributed by atoms with E-state index in [0.717, 1.165) is 0 Å². The molecule has 0 radical (unpaired) electrons. The molecule has 3 aromatic rings. The molecule has 5 nitrogen and oxygen atoms in total. The number of nitrogen functional groups attached to an aromatic ring is 1. The molecule has 0 bridgehead atoms. The summed E-state index contributed by atoms with van der Waals surface area (Å²) in [6.45, 7) is 0. The number of para-hydroxylation sites is 1. The first-order chi connectivity index (χ1) is 12.0. The zero-order chi connectivity index (χ0) is 17.9. The van der Waals surface area contributed by atoms with E-state index >= 15 is 0 Å². The van der Waals surface area contributed by atoms with E-state index in [4.69, 9.17) is 5.73 Å². The predicted molar refractivity (Wildman–Crippen MR) is 97.1 cm³/mol. The van der Waals surface area contributed by atoms with Gasteiger partial charge in [-0.1, -0.05) is 36.4 Å². The van der Waals surface area contributed by atoms with Crippen LogP contribution in [0, 0.1) is 0 Å². The van der Waals surface area contributed by atoms with Crippen molar-refractivity contribution in [2.24, 2.45) is 0 Å². The molecule has 25 heavy (non-hydrogen) atoms. The van der Waals surface area contributed by atoms with Crippen molar-refractivity contribution < 1.29 is 13.2 Å². The maximum absolute atomic E-state index is 12.6. The fourth-order valence-corrected chi connectivity index (χ4v) is 3.69. The van der Waals surface area contributed by atoms with Crippen LogP contribution in [0.25, 0.3) is 0 Å². The molecule has 0 fully saturated rings. The van der Waals surface area contributed by atoms with Crippen LogP contribution in [0.2, 0.25) is 0 Å². The molecule has 6 heteroatoms. The maximum atomic E-state index is 12.6. The van der Waals surface area contributed by atoms with Crippen molar-refractivity contribution >= 4 is 27.1 Å². The lowest BCUT2D eigenvalue weighted by Gasteiger charge is -2.10. The van der Waals surface area contributed by atoms with Gasteiger partial charge >= 0.3 is 0 Å². The van der Waals surface area contributed by atoms with Crippen LogP contribution >= 0.6 is 0 Å². The number of carbonyl (C=O) groups is 1. The Balaban J connectivity index is 1.90. The number of sulfone groups is 1. The van der Waals surface area contributed by atoms with Gasteiger partial charge in [0.2, 0.25) is 9.84 Å². The predicted octanol–water partition coefficient (Wildman–Crippen LogP) is 3.35. The van der Waals surface area contributed by atoms with Crippen LogP contribution in [0.5, 0.6) is 0 Å². The molecule has 0 heterocycles. The first-order valence-electron chi connectivity index (χ1n) is 7.54. The summed E-state index contributed by atoms with van der Waals surface area (Å²) in [5.74, 6) is -0.396. The standard InChI is InChI=1S/C19H16N2O3S/c20-18-13-16(25(23,24)15-9-5-2-6-10-15)11-12-17(18)19(22)21-14-7-3-1-4-8-14/h1-13H,20H2,(H,21,22). The van der Waals surface area contributed by atoms with E-state index < -0.39 is 15.7 Å². The molecule has 0 spiro atoms. The molecule has 0 aliphatic heterocycles. The Labute approximate surface area is 146 Å². The Morgan fingerprint density at radius 1 is 0.800 bits per heavy atom. The first-order valence-corrected chi connectivity index (χ1v) is 9.03. The number of nitrogens with one attached hydrogen (secondary N) is 1. The molecule has 0 saturated heterocycles. The Morgan fingerprint density at radius 3 is 2.00 bits per heavy atom. The quantitative estimate of drug-likeness (QED) is 0.705. The number of rotatable bonds is 4. The van der Waals surface area contributed by atoms with Gasteiger partial charge in [-0.25, -0.2) is 8.42 Å². The fraction of sp³-hybridized carbons (Fsp3) is 0. The minimum absolute atomic E-state index is 0.0486. The minimum atomic E-state index is -3.67. The summed E-state index contributed by atoms with van der Waals surface area (Å²) in [4.78, 5) is 12.6. The van der Waals surface area contributed by atoms with Gasteiger partial charge < -0.3 is 11.1 Å². The topological polar surface area (TPSA) is 89.3 Å². The van der Waals surface area contributed by atoms with E-state index in [9.17, 15) is 13.2 Å². The highest BCUT2D eigenvalue weighted by Gasteiger charge is 2.19. The second-order valence-electron chi connectivity index (χ2n) is 5.39. The average Bonchev–Trinajstić information content (AvgIpc) is 2.63. The van der Waals surface area contributed by atoms with Crippen LogP contribution in [0.4, 0.5) is 11.4 Å². The number of hydrogen-bond acceptors (Lipinski definition) is 4. The highest BCUT2D eigenvalue weighted by molar-refractivity contribution is 7.91. The molecule has 0 aliphatic rings. The van der Waals surface area contributed by atoms with E-state index in [-0.39, 0.29) is 21.0 Å². The molecule has 0 aliphatic carbocycles. The third-order valence-electron chi connectivity index (χ3n) is 3.66. The van der Waals surface area contributed by atoms with Crippen molar-refractivity contribution in [1.82, 2.24) is 0 Å². The first kappa shape index (κ1) is 16.7. The molecule has 126 valence electrons. The van der Waals surface area contributed by atoms with Crippen LogP contribution in [0.1, 0.15) is 10.4 Å². The largest absolute Gasteiger partial charge is 0.398 e. The fourth-order valence-electron chi connectivity index (χ4n) is 2.37. The number of anilines is 2. The average molecular weight is 352 g/mol. The Bertz CT molecular complexity index is 1000. The van der Waals surface area contributed by atoms with E-state index in [1.54, 1.807) is 42.5 Å². The summed E-state index contributed by atoms with van der Waals surface area (Å²) in [6, 6.07) is 21.1. The summed E-state index contributed by atoms with van der Waals surface area (Å²) in [6.07, 6.45) is 0. The highest BCUT2D eigenvalue weighted by Crippen LogP contribution is 2.25. The van der Waals surface area contributed by atoms with E-state index in [0.29, 0.717) is 5.69 Å². The molecule has 0 saturated carbocycles. The normalized spacial score (nSPS) is 11.0. The lowest BCUT2D eigenvalue weighted by molar-refractivity contribution is 0.102. The van der Waals surface area contributed by atoms with Gasteiger partial charge in [0.1, 0.15) is 0 Å². The van der Waals surface area contributed by atoms with Crippen LogP contribution in [0.3, 0.4) is 0 Å². The van der Waals surface area contributed by atoms with Gasteiger partial charge in [0.05, 0.1) is 15.4 Å². The molecule has 3 rings (SSSR count). The zero-order valence-corrected chi connectivity index (χ0v) is 14.0. The SMILES string of the molecule is Nc1cc(S(=O)(=O)c2ccccc2)ccc1C(=O)Nc1ccccc1. The second-order valence-corrected chi connectivity index (χ2v) is 7.34. The molecule has 0 aromatic heterocycles. The summed E-state index contributed by atoms with van der Waals surface area (Å²) >= 11 is 0. The van der Waals surface area contributed by atoms with Crippen molar-refractivity contribution in [1.29, 1.82) is 0 Å². The summed E-state index contributed by atoms with van der Waals surface area (Å²) in [5, 5.41) is 2.72. The Morgan fingerprint density at radius 2 is 1.40 bits per heavy atom. The van der Waals surface area contributed by atoms with Crippen molar-refractivity contribution in [3.05, 3.63) is 84.4 Å². The van der Waals surface area contributed by atoms with Gasteiger partial charge in [-0.05, 0) is 42.5 Å². The lowest BCUT2D eigenvalue weighted by Crippen LogP contribution is -2.14. The molecule has 1 amide bonds. The number of nitrogens with two attached hydrogens (primary N) is 1. The van der Waals surface area contributed by atoms with Gasteiger partial charge in [-0.15, -0.1) is 0 Å². The zero-order valence-electron chi connectivity index (χ0n) is 13.2. The van der Waals surface area contributed by atoms with Crippen LogP contribution < -0.4 is 11.1 Å². The van der Waals surface area contributed by atoms with Crippen LogP contribution in [-0.4, -0.2) is 14.3 Å². The van der Waals surface area contributed by atoms with Crippen LogP contribution in [-0.2, 0) is 9.84 Å². The van der Waals surface area contributed by atoms with E-state index in [1.807, 2.05) is 6.07 Å². The van der Waals surface area contributed by atoms with Gasteiger partial charge in [0.25, 0.3) is 5.91 Å². The summed E-state index contributed by atoms with van der Waals surface area (Å²) < 4.78 is 25.2. The van der Waals surface area contributed by atoms with Crippen LogP contribution in [0.15, 0.2) is 88.7 Å². The van der Waals surface area contributed by atoms with Gasteiger partial charge in [0.15, 0.2) is 0 Å². The summed E-state index contributed by atoms with van der Waals surface area (Å²) in [5.41, 5.74) is 6.88. The van der Waals surface area contributed by atoms with Crippen molar-refractivity contribution in [2.45, 2.75) is 9.79 Å². The number of benzene rings is 3. The smallest absolute Gasteiger partial charge is 0.257 e. The minimum Gasteiger partial charge on any atom is -0.398 e. The highest BCUT2D eigenvalue weighted by atomic mass is 32.2. The molecule has 0 unspecified atom stereocenters. The van der Waals surface area contributed by atoms with Gasteiger partial charge in [-0.3, -0.25) is 4.79 Å².